The summed E-state index contributed by atoms with van der Waals surface area (Å²) in [5, 5.41) is 9.81. The summed E-state index contributed by atoms with van der Waals surface area (Å²) in [6, 6.07) is -0.642. The predicted molar refractivity (Wildman–Crippen MR) is 79.3 cm³/mol. The molecule has 0 aromatic carbocycles. The number of carbonyl (C=O) groups excluding carboxylic acids is 2. The van der Waals surface area contributed by atoms with Crippen LogP contribution >= 0.6 is 0 Å². The summed E-state index contributed by atoms with van der Waals surface area (Å²) in [5.74, 6) is 0.100. The van der Waals surface area contributed by atoms with Crippen LogP contribution in [-0.2, 0) is 9.59 Å². The molecule has 0 saturated carbocycles. The van der Waals surface area contributed by atoms with Crippen LogP contribution in [0.5, 0.6) is 0 Å². The average Bonchev–Trinajstić information content (AvgIpc) is 2.67. The fourth-order valence-electron chi connectivity index (χ4n) is 3.89. The van der Waals surface area contributed by atoms with Crippen LogP contribution in [-0.4, -0.2) is 63.5 Å². The Balaban J connectivity index is 2.17. The highest BCUT2D eigenvalue weighted by atomic mass is 16.3. The second kappa shape index (κ2) is 5.57. The maximum Gasteiger partial charge on any atom is 0.237 e. The molecular formula is C15H27N3O3. The largest absolute Gasteiger partial charge is 0.391 e. The minimum absolute atomic E-state index is 0.0369. The fraction of sp³-hybridized carbons (Fsp3) is 0.867. The molecule has 3 N–H and O–H groups in total. The Kier molecular flexibility index (Phi) is 4.31. The molecule has 0 bridgehead atoms. The van der Waals surface area contributed by atoms with Crippen LogP contribution in [0.3, 0.4) is 0 Å². The average molecular weight is 297 g/mol. The van der Waals surface area contributed by atoms with Crippen LogP contribution in [0.15, 0.2) is 0 Å². The van der Waals surface area contributed by atoms with Crippen LogP contribution in [0.25, 0.3) is 0 Å². The van der Waals surface area contributed by atoms with Gasteiger partial charge in [0.2, 0.25) is 11.8 Å². The number of primary amides is 1. The van der Waals surface area contributed by atoms with Crippen molar-refractivity contribution in [1.29, 1.82) is 0 Å². The lowest BCUT2D eigenvalue weighted by molar-refractivity contribution is -0.159. The first-order chi connectivity index (χ1) is 9.70. The lowest BCUT2D eigenvalue weighted by Crippen LogP contribution is -2.78. The first kappa shape index (κ1) is 16.2. The Labute approximate surface area is 126 Å². The Hall–Kier alpha value is -1.14. The monoisotopic (exact) mass is 297 g/mol. The third-order valence-electron chi connectivity index (χ3n) is 5.00. The highest BCUT2D eigenvalue weighted by Crippen LogP contribution is 2.45. The van der Waals surface area contributed by atoms with E-state index in [1.165, 1.54) is 0 Å². The van der Waals surface area contributed by atoms with E-state index in [2.05, 4.69) is 13.8 Å². The molecule has 0 radical (unpaired) electrons. The van der Waals surface area contributed by atoms with Gasteiger partial charge >= 0.3 is 0 Å². The third-order valence-corrected chi connectivity index (χ3v) is 5.00. The molecular weight excluding hydrogens is 270 g/mol. The molecule has 0 aromatic rings. The fourth-order valence-corrected chi connectivity index (χ4v) is 3.89. The molecule has 21 heavy (non-hydrogen) atoms. The van der Waals surface area contributed by atoms with E-state index in [-0.39, 0.29) is 17.5 Å². The zero-order valence-electron chi connectivity index (χ0n) is 13.4. The Morgan fingerprint density at radius 3 is 2.52 bits per heavy atom. The minimum Gasteiger partial charge on any atom is -0.391 e. The summed E-state index contributed by atoms with van der Waals surface area (Å²) in [6.45, 7) is 9.16. The van der Waals surface area contributed by atoms with Crippen molar-refractivity contribution in [1.82, 2.24) is 9.80 Å². The minimum atomic E-state index is -0.807. The molecule has 2 saturated heterocycles. The number of hydrogen-bond donors (Lipinski definition) is 2. The number of carbonyl (C=O) groups is 2. The van der Waals surface area contributed by atoms with Gasteiger partial charge in [-0.2, -0.15) is 0 Å². The van der Waals surface area contributed by atoms with Gasteiger partial charge in [0.25, 0.3) is 0 Å². The van der Waals surface area contributed by atoms with Gasteiger partial charge in [-0.1, -0.05) is 13.8 Å². The number of rotatable bonds is 5. The molecule has 2 aliphatic rings. The van der Waals surface area contributed by atoms with E-state index in [0.717, 1.165) is 13.0 Å². The highest BCUT2D eigenvalue weighted by molar-refractivity contribution is 5.82. The summed E-state index contributed by atoms with van der Waals surface area (Å²) in [7, 11) is 0. The first-order valence-corrected chi connectivity index (χ1v) is 7.74. The Bertz CT molecular complexity index is 438. The molecule has 2 rings (SSSR count). The van der Waals surface area contributed by atoms with Gasteiger partial charge in [0.1, 0.15) is 6.04 Å². The van der Waals surface area contributed by atoms with E-state index in [9.17, 15) is 14.7 Å². The van der Waals surface area contributed by atoms with E-state index in [4.69, 9.17) is 5.73 Å². The topological polar surface area (TPSA) is 86.9 Å². The van der Waals surface area contributed by atoms with Gasteiger partial charge in [-0.05, 0) is 26.2 Å². The molecule has 4 atom stereocenters. The zero-order valence-corrected chi connectivity index (χ0v) is 13.4. The third kappa shape index (κ3) is 2.55. The van der Waals surface area contributed by atoms with E-state index in [1.807, 2.05) is 16.7 Å². The maximum absolute atomic E-state index is 12.2. The smallest absolute Gasteiger partial charge is 0.237 e. The number of nitrogens with two attached hydrogens (primary N) is 1. The summed E-state index contributed by atoms with van der Waals surface area (Å²) in [5.41, 5.74) is 5.23. The molecule has 1 spiro atoms. The highest BCUT2D eigenvalue weighted by Gasteiger charge is 2.60. The molecule has 2 heterocycles. The number of hydrogen-bond acceptors (Lipinski definition) is 4. The Morgan fingerprint density at radius 1 is 1.48 bits per heavy atom. The van der Waals surface area contributed by atoms with Crippen LogP contribution in [0.4, 0.5) is 0 Å². The number of nitrogens with zero attached hydrogens (tertiary/aromatic N) is 2. The first-order valence-electron chi connectivity index (χ1n) is 7.74. The zero-order chi connectivity index (χ0) is 15.9. The number of likely N-dealkylation sites (tertiary alicyclic amines) is 2. The molecule has 6 heteroatoms. The van der Waals surface area contributed by atoms with E-state index >= 15 is 0 Å². The second-order valence-electron chi connectivity index (χ2n) is 6.94. The SMILES string of the molecule is CC(C)CN1C(=O)CCC12CN([C@H](C(N)=O)[C@@H](C)O)C2C. The molecule has 2 fully saturated rings. The normalized spacial score (nSPS) is 32.6. The molecule has 0 aromatic heterocycles. The van der Waals surface area contributed by atoms with Gasteiger partial charge in [-0.3, -0.25) is 14.5 Å². The van der Waals surface area contributed by atoms with Crippen LogP contribution in [0.1, 0.15) is 40.5 Å². The predicted octanol–water partition coefficient (Wildman–Crippen LogP) is -0.0576. The summed E-state index contributed by atoms with van der Waals surface area (Å²) in [6.07, 6.45) is 0.584. The van der Waals surface area contributed by atoms with E-state index < -0.39 is 18.1 Å². The quantitative estimate of drug-likeness (QED) is 0.744. The van der Waals surface area contributed by atoms with Gasteiger partial charge in [0.05, 0.1) is 11.6 Å². The van der Waals surface area contributed by atoms with Gasteiger partial charge < -0.3 is 15.7 Å². The Morgan fingerprint density at radius 2 is 2.10 bits per heavy atom. The van der Waals surface area contributed by atoms with Crippen molar-refractivity contribution >= 4 is 11.8 Å². The number of amides is 2. The van der Waals surface area contributed by atoms with Gasteiger partial charge in [0.15, 0.2) is 0 Å². The standard InChI is InChI=1S/C15H27N3O3/c1-9(2)7-18-12(20)5-6-15(18)8-17(11(15)4)13(10(3)19)14(16)21/h9-11,13,19H,5-8H2,1-4H3,(H2,16,21)/t10-,11?,13+,15?/m1/s1. The van der Waals surface area contributed by atoms with Crippen molar-refractivity contribution in [3.05, 3.63) is 0 Å². The van der Waals surface area contributed by atoms with E-state index in [0.29, 0.717) is 18.9 Å². The molecule has 2 amide bonds. The van der Waals surface area contributed by atoms with Crippen LogP contribution in [0, 0.1) is 5.92 Å². The molecule has 6 nitrogen and oxygen atoms in total. The number of aliphatic hydroxyl groups is 1. The molecule has 120 valence electrons. The van der Waals surface area contributed by atoms with Crippen molar-refractivity contribution in [2.24, 2.45) is 11.7 Å². The molecule has 2 unspecified atom stereocenters. The van der Waals surface area contributed by atoms with Crippen molar-refractivity contribution in [2.45, 2.75) is 64.3 Å². The van der Waals surface area contributed by atoms with Gasteiger partial charge in [-0.25, -0.2) is 0 Å². The van der Waals surface area contributed by atoms with Crippen molar-refractivity contribution in [3.8, 4) is 0 Å². The molecule has 2 aliphatic heterocycles. The van der Waals surface area contributed by atoms with Crippen molar-refractivity contribution in [2.75, 3.05) is 13.1 Å². The lowest BCUT2D eigenvalue weighted by atomic mass is 9.76. The van der Waals surface area contributed by atoms with E-state index in [1.54, 1.807) is 6.92 Å². The van der Waals surface area contributed by atoms with Crippen LogP contribution in [0.2, 0.25) is 0 Å². The van der Waals surface area contributed by atoms with Crippen molar-refractivity contribution < 1.29 is 14.7 Å². The van der Waals surface area contributed by atoms with Crippen LogP contribution < -0.4 is 5.73 Å². The number of aliphatic hydroxyl groups excluding tert-OH is 1. The lowest BCUT2D eigenvalue weighted by Gasteiger charge is -2.60. The maximum atomic E-state index is 12.2. The van der Waals surface area contributed by atoms with Gasteiger partial charge in [-0.15, -0.1) is 0 Å². The van der Waals surface area contributed by atoms with Crippen molar-refractivity contribution in [3.63, 3.8) is 0 Å². The van der Waals surface area contributed by atoms with Gasteiger partial charge in [0, 0.05) is 25.6 Å². The molecule has 0 aliphatic carbocycles. The summed E-state index contributed by atoms with van der Waals surface area (Å²) in [4.78, 5) is 27.7. The summed E-state index contributed by atoms with van der Waals surface area (Å²) >= 11 is 0. The summed E-state index contributed by atoms with van der Waals surface area (Å²) < 4.78 is 0. The second-order valence-corrected chi connectivity index (χ2v) is 6.94.